The van der Waals surface area contributed by atoms with Gasteiger partial charge in [0.1, 0.15) is 17.4 Å². The lowest BCUT2D eigenvalue weighted by atomic mass is 9.93. The van der Waals surface area contributed by atoms with Crippen molar-refractivity contribution >= 4 is 17.7 Å². The van der Waals surface area contributed by atoms with Crippen LogP contribution in [-0.4, -0.2) is 23.8 Å². The molecule has 0 atom stereocenters. The molecule has 0 unspecified atom stereocenters. The van der Waals surface area contributed by atoms with Crippen molar-refractivity contribution in [1.29, 1.82) is 5.26 Å². The largest absolute Gasteiger partial charge is 0.490 e. The predicted octanol–water partition coefficient (Wildman–Crippen LogP) is 4.43. The van der Waals surface area contributed by atoms with Gasteiger partial charge in [-0.1, -0.05) is 11.6 Å². The predicted molar refractivity (Wildman–Crippen MR) is 92.2 cm³/mol. The second-order valence-corrected chi connectivity index (χ2v) is 7.40. The monoisotopic (exact) mass is 350 g/mol. The molecule has 0 bridgehead atoms. The third kappa shape index (κ3) is 5.61. The Morgan fingerprint density at radius 3 is 2.50 bits per heavy atom. The molecule has 130 valence electrons. The van der Waals surface area contributed by atoms with Crippen molar-refractivity contribution in [1.82, 2.24) is 5.32 Å². The fourth-order valence-corrected chi connectivity index (χ4v) is 2.86. The topological polar surface area (TPSA) is 71.3 Å². The van der Waals surface area contributed by atoms with Crippen LogP contribution in [0.1, 0.15) is 52.0 Å². The summed E-state index contributed by atoms with van der Waals surface area (Å²) in [6, 6.07) is 7.23. The Bertz CT molecular complexity index is 626. The molecule has 1 aliphatic carbocycles. The van der Waals surface area contributed by atoms with E-state index in [1.54, 1.807) is 18.2 Å². The Kier molecular flexibility index (Phi) is 5.95. The second-order valence-electron chi connectivity index (χ2n) is 6.99. The van der Waals surface area contributed by atoms with E-state index in [-0.39, 0.29) is 18.2 Å². The van der Waals surface area contributed by atoms with Gasteiger partial charge in [0.25, 0.3) is 0 Å². The smallest absolute Gasteiger partial charge is 0.407 e. The molecule has 1 N–H and O–H groups in total. The van der Waals surface area contributed by atoms with E-state index in [1.807, 2.05) is 26.8 Å². The Morgan fingerprint density at radius 1 is 1.29 bits per heavy atom. The number of carbonyl (C=O) groups excluding carboxylic acids is 1. The standard InChI is InChI=1S/C18H23ClN2O3/c1-18(2,3)24-17(22)21-13-5-8-14(9-6-13)23-15-7-4-12(11-20)16(19)10-15/h4,7,10,13-14H,5-6,8-9H2,1-3H3,(H,21,22)/t13-,14+. The molecule has 0 spiro atoms. The van der Waals surface area contributed by atoms with Gasteiger partial charge in [-0.15, -0.1) is 0 Å². The van der Waals surface area contributed by atoms with Crippen molar-refractivity contribution in [2.45, 2.75) is 64.2 Å². The molecule has 0 aliphatic heterocycles. The summed E-state index contributed by atoms with van der Waals surface area (Å²) in [5.74, 6) is 0.669. The number of nitrogens with zero attached hydrogens (tertiary/aromatic N) is 1. The van der Waals surface area contributed by atoms with Crippen molar-refractivity contribution in [2.75, 3.05) is 0 Å². The number of hydrogen-bond acceptors (Lipinski definition) is 4. The number of rotatable bonds is 3. The summed E-state index contributed by atoms with van der Waals surface area (Å²) in [6.07, 6.45) is 3.09. The Hall–Kier alpha value is -1.93. The minimum absolute atomic E-state index is 0.0886. The summed E-state index contributed by atoms with van der Waals surface area (Å²) >= 11 is 6.02. The van der Waals surface area contributed by atoms with Crippen molar-refractivity contribution in [3.8, 4) is 11.8 Å². The highest BCUT2D eigenvalue weighted by molar-refractivity contribution is 6.31. The maximum atomic E-state index is 11.8. The van der Waals surface area contributed by atoms with Crippen molar-refractivity contribution in [3.05, 3.63) is 28.8 Å². The van der Waals surface area contributed by atoms with Gasteiger partial charge >= 0.3 is 6.09 Å². The van der Waals surface area contributed by atoms with Crippen LogP contribution in [0.3, 0.4) is 0 Å². The van der Waals surface area contributed by atoms with Crippen LogP contribution in [0.15, 0.2) is 18.2 Å². The third-order valence-electron chi connectivity index (χ3n) is 3.76. The van der Waals surface area contributed by atoms with Gasteiger partial charge in [0.2, 0.25) is 0 Å². The molecular formula is C18H23ClN2O3. The number of nitriles is 1. The number of halogens is 1. The summed E-state index contributed by atoms with van der Waals surface area (Å²) in [7, 11) is 0. The zero-order valence-electron chi connectivity index (χ0n) is 14.3. The minimum Gasteiger partial charge on any atom is -0.490 e. The Morgan fingerprint density at radius 2 is 1.96 bits per heavy atom. The quantitative estimate of drug-likeness (QED) is 0.875. The van der Waals surface area contributed by atoms with Gasteiger partial charge in [-0.2, -0.15) is 5.26 Å². The molecule has 0 heterocycles. The molecule has 6 heteroatoms. The second kappa shape index (κ2) is 7.76. The van der Waals surface area contributed by atoms with Crippen LogP contribution in [0.4, 0.5) is 4.79 Å². The summed E-state index contributed by atoms with van der Waals surface area (Å²) in [6.45, 7) is 5.54. The first-order valence-corrected chi connectivity index (χ1v) is 8.50. The van der Waals surface area contributed by atoms with Crippen molar-refractivity contribution in [2.24, 2.45) is 0 Å². The first kappa shape index (κ1) is 18.4. The highest BCUT2D eigenvalue weighted by atomic mass is 35.5. The zero-order chi connectivity index (χ0) is 17.7. The number of benzene rings is 1. The molecule has 2 rings (SSSR count). The molecule has 0 saturated heterocycles. The van der Waals surface area contributed by atoms with E-state index in [2.05, 4.69) is 5.32 Å². The molecular weight excluding hydrogens is 328 g/mol. The summed E-state index contributed by atoms with van der Waals surface area (Å²) in [4.78, 5) is 11.8. The lowest BCUT2D eigenvalue weighted by Crippen LogP contribution is -2.42. The van der Waals surface area contributed by atoms with Gasteiger partial charge in [0, 0.05) is 12.1 Å². The van der Waals surface area contributed by atoms with Crippen molar-refractivity contribution < 1.29 is 14.3 Å². The summed E-state index contributed by atoms with van der Waals surface area (Å²) < 4.78 is 11.2. The van der Waals surface area contributed by atoms with Gasteiger partial charge < -0.3 is 14.8 Å². The normalized spacial score (nSPS) is 20.8. The average Bonchev–Trinajstić information content (AvgIpc) is 2.47. The van der Waals surface area contributed by atoms with E-state index < -0.39 is 5.60 Å². The third-order valence-corrected chi connectivity index (χ3v) is 4.07. The lowest BCUT2D eigenvalue weighted by Gasteiger charge is -2.30. The van der Waals surface area contributed by atoms with Gasteiger partial charge in [-0.05, 0) is 58.6 Å². The summed E-state index contributed by atoms with van der Waals surface area (Å²) in [5, 5.41) is 12.2. The number of amides is 1. The van der Waals surface area contributed by atoms with Gasteiger partial charge in [0.05, 0.1) is 16.7 Å². The SMILES string of the molecule is CC(C)(C)OC(=O)N[C@H]1CC[C@@H](Oc2ccc(C#N)c(Cl)c2)CC1. The van der Waals surface area contributed by atoms with E-state index in [0.29, 0.717) is 16.3 Å². The molecule has 24 heavy (non-hydrogen) atoms. The summed E-state index contributed by atoms with van der Waals surface area (Å²) in [5.41, 5.74) is -0.0477. The van der Waals surface area contributed by atoms with Crippen molar-refractivity contribution in [3.63, 3.8) is 0 Å². The highest BCUT2D eigenvalue weighted by Crippen LogP contribution is 2.27. The van der Waals surface area contributed by atoms with Gasteiger partial charge in [-0.25, -0.2) is 4.79 Å². The fourth-order valence-electron chi connectivity index (χ4n) is 2.65. The van der Waals surface area contributed by atoms with E-state index in [9.17, 15) is 4.79 Å². The molecule has 1 amide bonds. The van der Waals surface area contributed by atoms with E-state index >= 15 is 0 Å². The van der Waals surface area contributed by atoms with Crippen LogP contribution in [0.2, 0.25) is 5.02 Å². The molecule has 1 aromatic rings. The number of nitrogens with one attached hydrogen (secondary N) is 1. The number of ether oxygens (including phenoxy) is 2. The molecule has 0 aromatic heterocycles. The van der Waals surface area contributed by atoms with Crippen LogP contribution in [0.5, 0.6) is 5.75 Å². The fraction of sp³-hybridized carbons (Fsp3) is 0.556. The first-order valence-electron chi connectivity index (χ1n) is 8.12. The molecule has 1 aliphatic rings. The van der Waals surface area contributed by atoms with Crippen LogP contribution in [0, 0.1) is 11.3 Å². The lowest BCUT2D eigenvalue weighted by molar-refractivity contribution is 0.0471. The maximum Gasteiger partial charge on any atom is 0.407 e. The molecule has 5 nitrogen and oxygen atoms in total. The minimum atomic E-state index is -0.487. The molecule has 1 aromatic carbocycles. The number of carbonyl (C=O) groups is 1. The molecule has 1 fully saturated rings. The Labute approximate surface area is 147 Å². The zero-order valence-corrected chi connectivity index (χ0v) is 15.0. The van der Waals surface area contributed by atoms with Crippen LogP contribution in [0.25, 0.3) is 0 Å². The van der Waals surface area contributed by atoms with Gasteiger partial charge in [0.15, 0.2) is 0 Å². The maximum absolute atomic E-state index is 11.8. The van der Waals surface area contributed by atoms with Gasteiger partial charge in [-0.3, -0.25) is 0 Å². The Balaban J connectivity index is 1.80. The molecule has 1 saturated carbocycles. The van der Waals surface area contributed by atoms with Crippen LogP contribution in [-0.2, 0) is 4.74 Å². The van der Waals surface area contributed by atoms with Crippen LogP contribution < -0.4 is 10.1 Å². The molecule has 0 radical (unpaired) electrons. The van der Waals surface area contributed by atoms with E-state index in [4.69, 9.17) is 26.3 Å². The number of alkyl carbamates (subject to hydrolysis) is 1. The first-order chi connectivity index (χ1) is 11.3. The number of hydrogen-bond donors (Lipinski definition) is 1. The van der Waals surface area contributed by atoms with E-state index in [0.717, 1.165) is 25.7 Å². The average molecular weight is 351 g/mol. The van der Waals surface area contributed by atoms with E-state index in [1.165, 1.54) is 0 Å². The van der Waals surface area contributed by atoms with Crippen LogP contribution >= 0.6 is 11.6 Å². The highest BCUT2D eigenvalue weighted by Gasteiger charge is 2.25.